The number of nitrogens with zero attached hydrogens (tertiary/aromatic N) is 2. The first kappa shape index (κ1) is 20.2. The highest BCUT2D eigenvalue weighted by Crippen LogP contribution is 2.44. The summed E-state index contributed by atoms with van der Waals surface area (Å²) in [5.74, 6) is 1.48. The van der Waals surface area contributed by atoms with Gasteiger partial charge in [0.2, 0.25) is 6.10 Å². The molecular weight excluding hydrogens is 400 g/mol. The summed E-state index contributed by atoms with van der Waals surface area (Å²) in [6, 6.07) is 19.7. The van der Waals surface area contributed by atoms with E-state index in [9.17, 15) is 14.9 Å². The van der Waals surface area contributed by atoms with E-state index < -0.39 is 17.1 Å². The second kappa shape index (κ2) is 8.35. The van der Waals surface area contributed by atoms with Gasteiger partial charge in [-0.3, -0.25) is 19.8 Å². The Morgan fingerprint density at radius 2 is 1.61 bits per heavy atom. The van der Waals surface area contributed by atoms with E-state index >= 15 is 0 Å². The Morgan fingerprint density at radius 1 is 0.903 bits per heavy atom. The number of ether oxygens (including phenoxy) is 3. The van der Waals surface area contributed by atoms with Crippen LogP contribution >= 0.6 is 0 Å². The number of carbonyl (C=O) groups is 1. The van der Waals surface area contributed by atoms with E-state index in [1.165, 1.54) is 17.0 Å². The molecule has 3 aromatic carbocycles. The van der Waals surface area contributed by atoms with Gasteiger partial charge in [0.25, 0.3) is 11.6 Å². The van der Waals surface area contributed by atoms with Gasteiger partial charge in [0, 0.05) is 17.7 Å². The number of rotatable bonds is 7. The standard InChI is InChI=1S/C23H20N2O6/c1-29-17-10-12-18(13-11-17)31-22-21(19-8-3-4-9-20(19)30-2)24(23(22)26)15-6-5-7-16(14-15)25(27)28/h3-14,21-22H,1-2H3. The number of hydrogen-bond donors (Lipinski definition) is 0. The number of methoxy groups -OCH3 is 2. The van der Waals surface area contributed by atoms with E-state index in [0.717, 1.165) is 5.56 Å². The van der Waals surface area contributed by atoms with E-state index in [2.05, 4.69) is 0 Å². The topological polar surface area (TPSA) is 91.1 Å². The van der Waals surface area contributed by atoms with Crippen LogP contribution in [0.3, 0.4) is 0 Å². The number of β-lactam (4-membered cyclic amide) rings is 1. The van der Waals surface area contributed by atoms with Crippen molar-refractivity contribution in [2.24, 2.45) is 0 Å². The minimum Gasteiger partial charge on any atom is -0.497 e. The molecule has 0 aliphatic carbocycles. The summed E-state index contributed by atoms with van der Waals surface area (Å²) < 4.78 is 16.7. The SMILES string of the molecule is COc1ccc(OC2C(=O)N(c3cccc([N+](=O)[O-])c3)C2c2ccccc2OC)cc1. The van der Waals surface area contributed by atoms with Crippen LogP contribution in [0.4, 0.5) is 11.4 Å². The van der Waals surface area contributed by atoms with Gasteiger partial charge in [-0.05, 0) is 36.4 Å². The highest BCUT2D eigenvalue weighted by Gasteiger charge is 2.52. The third-order valence-electron chi connectivity index (χ3n) is 5.14. The average molecular weight is 420 g/mol. The lowest BCUT2D eigenvalue weighted by atomic mass is 9.89. The Kier molecular flexibility index (Phi) is 5.44. The van der Waals surface area contributed by atoms with E-state index in [4.69, 9.17) is 14.2 Å². The van der Waals surface area contributed by atoms with Crippen molar-refractivity contribution in [1.82, 2.24) is 0 Å². The molecule has 0 spiro atoms. The zero-order valence-electron chi connectivity index (χ0n) is 16.9. The van der Waals surface area contributed by atoms with Crippen molar-refractivity contribution in [2.45, 2.75) is 12.1 Å². The van der Waals surface area contributed by atoms with Crippen molar-refractivity contribution in [2.75, 3.05) is 19.1 Å². The summed E-state index contributed by atoms with van der Waals surface area (Å²) in [5.41, 5.74) is 1.07. The predicted octanol–water partition coefficient (Wildman–Crippen LogP) is 4.15. The number of benzene rings is 3. The highest BCUT2D eigenvalue weighted by molar-refractivity contribution is 6.05. The first-order valence-corrected chi connectivity index (χ1v) is 9.54. The molecule has 0 bridgehead atoms. The molecule has 31 heavy (non-hydrogen) atoms. The van der Waals surface area contributed by atoms with Crippen LogP contribution in [0, 0.1) is 10.1 Å². The van der Waals surface area contributed by atoms with Crippen molar-refractivity contribution in [3.63, 3.8) is 0 Å². The Labute approximate surface area is 178 Å². The zero-order chi connectivity index (χ0) is 22.0. The maximum atomic E-state index is 13.1. The van der Waals surface area contributed by atoms with Gasteiger partial charge in [-0.1, -0.05) is 24.3 Å². The van der Waals surface area contributed by atoms with Crippen molar-refractivity contribution in [3.8, 4) is 17.2 Å². The molecular formula is C23H20N2O6. The van der Waals surface area contributed by atoms with Crippen LogP contribution in [0.15, 0.2) is 72.8 Å². The number of hydrogen-bond acceptors (Lipinski definition) is 6. The lowest BCUT2D eigenvalue weighted by molar-refractivity contribution is -0.384. The normalized spacial score (nSPS) is 17.6. The number of anilines is 1. The molecule has 1 saturated heterocycles. The molecule has 1 heterocycles. The van der Waals surface area contributed by atoms with Crippen molar-refractivity contribution in [1.29, 1.82) is 0 Å². The first-order valence-electron chi connectivity index (χ1n) is 9.54. The second-order valence-corrected chi connectivity index (χ2v) is 6.89. The van der Waals surface area contributed by atoms with Gasteiger partial charge in [-0.25, -0.2) is 0 Å². The fourth-order valence-corrected chi connectivity index (χ4v) is 3.64. The molecule has 1 fully saturated rings. The maximum absolute atomic E-state index is 13.1. The molecule has 0 radical (unpaired) electrons. The molecule has 0 aromatic heterocycles. The minimum atomic E-state index is -0.816. The summed E-state index contributed by atoms with van der Waals surface area (Å²) in [6.45, 7) is 0. The Bertz CT molecular complexity index is 1120. The lowest BCUT2D eigenvalue weighted by Gasteiger charge is -2.46. The van der Waals surface area contributed by atoms with E-state index in [1.54, 1.807) is 56.7 Å². The van der Waals surface area contributed by atoms with Gasteiger partial charge in [-0.2, -0.15) is 0 Å². The summed E-state index contributed by atoms with van der Waals surface area (Å²) in [6.07, 6.45) is -0.816. The van der Waals surface area contributed by atoms with E-state index in [-0.39, 0.29) is 11.6 Å². The number of nitro benzene ring substituents is 1. The van der Waals surface area contributed by atoms with Gasteiger partial charge in [0.05, 0.1) is 24.8 Å². The van der Waals surface area contributed by atoms with Gasteiger partial charge in [-0.15, -0.1) is 0 Å². The van der Waals surface area contributed by atoms with Crippen LogP contribution in [-0.2, 0) is 4.79 Å². The Balaban J connectivity index is 1.72. The van der Waals surface area contributed by atoms with Crippen LogP contribution in [-0.4, -0.2) is 31.2 Å². The lowest BCUT2D eigenvalue weighted by Crippen LogP contribution is -2.61. The zero-order valence-corrected chi connectivity index (χ0v) is 16.9. The molecule has 158 valence electrons. The van der Waals surface area contributed by atoms with Crippen molar-refractivity contribution < 1.29 is 23.9 Å². The van der Waals surface area contributed by atoms with Crippen molar-refractivity contribution >= 4 is 17.3 Å². The molecule has 8 nitrogen and oxygen atoms in total. The molecule has 1 aliphatic heterocycles. The minimum absolute atomic E-state index is 0.0939. The van der Waals surface area contributed by atoms with E-state index in [1.807, 2.05) is 18.2 Å². The van der Waals surface area contributed by atoms with Crippen molar-refractivity contribution in [3.05, 3.63) is 88.5 Å². The van der Waals surface area contributed by atoms with E-state index in [0.29, 0.717) is 22.9 Å². The summed E-state index contributed by atoms with van der Waals surface area (Å²) >= 11 is 0. The van der Waals surface area contributed by atoms with Crippen LogP contribution in [0.2, 0.25) is 0 Å². The molecule has 1 amide bonds. The predicted molar refractivity (Wildman–Crippen MR) is 114 cm³/mol. The van der Waals surface area contributed by atoms with Crippen LogP contribution in [0.1, 0.15) is 11.6 Å². The van der Waals surface area contributed by atoms with Gasteiger partial charge < -0.3 is 14.2 Å². The molecule has 2 unspecified atom stereocenters. The second-order valence-electron chi connectivity index (χ2n) is 6.89. The van der Waals surface area contributed by atoms with Gasteiger partial charge in [0.15, 0.2) is 0 Å². The average Bonchev–Trinajstić information content (AvgIpc) is 2.81. The summed E-state index contributed by atoms with van der Waals surface area (Å²) in [4.78, 5) is 25.4. The third-order valence-corrected chi connectivity index (χ3v) is 5.14. The maximum Gasteiger partial charge on any atom is 0.271 e. The molecule has 0 saturated carbocycles. The first-order chi connectivity index (χ1) is 15.0. The third kappa shape index (κ3) is 3.75. The van der Waals surface area contributed by atoms with Crippen LogP contribution in [0.25, 0.3) is 0 Å². The largest absolute Gasteiger partial charge is 0.497 e. The number of amides is 1. The monoisotopic (exact) mass is 420 g/mol. The Hall–Kier alpha value is -4.07. The molecule has 8 heteroatoms. The Morgan fingerprint density at radius 3 is 2.29 bits per heavy atom. The molecule has 0 N–H and O–H groups in total. The summed E-state index contributed by atoms with van der Waals surface area (Å²) in [7, 11) is 3.12. The fourth-order valence-electron chi connectivity index (χ4n) is 3.64. The van der Waals surface area contributed by atoms with Crippen LogP contribution in [0.5, 0.6) is 17.2 Å². The number of carbonyl (C=O) groups excluding carboxylic acids is 1. The highest BCUT2D eigenvalue weighted by atomic mass is 16.6. The molecule has 3 aromatic rings. The summed E-state index contributed by atoms with van der Waals surface area (Å²) in [5, 5.41) is 11.2. The molecule has 4 rings (SSSR count). The molecule has 1 aliphatic rings. The van der Waals surface area contributed by atoms with Gasteiger partial charge >= 0.3 is 0 Å². The number of nitro groups is 1. The quantitative estimate of drug-likeness (QED) is 0.324. The molecule has 2 atom stereocenters. The van der Waals surface area contributed by atoms with Crippen LogP contribution < -0.4 is 19.1 Å². The van der Waals surface area contributed by atoms with Gasteiger partial charge in [0.1, 0.15) is 23.3 Å². The fraction of sp³-hybridized carbons (Fsp3) is 0.174. The smallest absolute Gasteiger partial charge is 0.271 e. The number of non-ortho nitro benzene ring substituents is 1. The number of para-hydroxylation sites is 1.